The van der Waals surface area contributed by atoms with Gasteiger partial charge >= 0.3 is 0 Å². The molecule has 2 nitrogen and oxygen atoms in total. The maximum atomic E-state index is 11.5. The first-order valence-corrected chi connectivity index (χ1v) is 6.46. The third kappa shape index (κ3) is 2.23. The Morgan fingerprint density at radius 3 is 2.87 bits per heavy atom. The summed E-state index contributed by atoms with van der Waals surface area (Å²) in [7, 11) is -0.774. The van der Waals surface area contributed by atoms with E-state index in [-0.39, 0.29) is 0 Å². The van der Waals surface area contributed by atoms with Gasteiger partial charge in [0.25, 0.3) is 0 Å². The van der Waals surface area contributed by atoms with Crippen molar-refractivity contribution in [2.24, 2.45) is 0 Å². The topological polar surface area (TPSA) is 30.0 Å². The molecule has 0 radical (unpaired) electrons. The molecule has 1 aromatic heterocycles. The van der Waals surface area contributed by atoms with Crippen LogP contribution in [0.1, 0.15) is 12.5 Å². The number of fused-ring (bicyclic) bond motifs is 1. The fourth-order valence-electron chi connectivity index (χ4n) is 1.57. The molecule has 1 aromatic carbocycles. The Hall–Kier alpha value is -1.22. The van der Waals surface area contributed by atoms with E-state index in [4.69, 9.17) is 0 Å². The second-order valence-corrected chi connectivity index (χ2v) is 5.14. The van der Waals surface area contributed by atoms with Crippen LogP contribution in [0.4, 0.5) is 0 Å². The van der Waals surface area contributed by atoms with E-state index in [2.05, 4.69) is 11.1 Å². The molecule has 0 aliphatic carbocycles. The van der Waals surface area contributed by atoms with Gasteiger partial charge in [-0.2, -0.15) is 0 Å². The molecule has 1 atom stereocenters. The summed E-state index contributed by atoms with van der Waals surface area (Å²) in [5, 5.41) is 2.28. The number of hydrogen-bond acceptors (Lipinski definition) is 2. The number of hydrogen-bond donors (Lipinski definition) is 0. The van der Waals surface area contributed by atoms with Crippen molar-refractivity contribution in [3.63, 3.8) is 0 Å². The lowest BCUT2D eigenvalue weighted by molar-refractivity contribution is 0.683. The lowest BCUT2D eigenvalue weighted by Gasteiger charge is -2.04. The molecule has 1 unspecified atom stereocenters. The molecule has 0 amide bonds. The van der Waals surface area contributed by atoms with Crippen LogP contribution in [-0.4, -0.2) is 14.9 Å². The minimum Gasteiger partial charge on any atom is -0.264 e. The number of nitrogens with zero attached hydrogens (tertiary/aromatic N) is 1. The van der Waals surface area contributed by atoms with Crippen molar-refractivity contribution in [2.75, 3.05) is 5.75 Å². The Bertz CT molecular complexity index is 490. The van der Waals surface area contributed by atoms with Gasteiger partial charge in [0, 0.05) is 34.3 Å². The minimum absolute atomic E-state index is 0.602. The summed E-state index contributed by atoms with van der Waals surface area (Å²) in [6, 6.07) is 8.07. The maximum absolute atomic E-state index is 11.5. The number of aromatic nitrogens is 1. The van der Waals surface area contributed by atoms with Crippen molar-refractivity contribution in [3.8, 4) is 0 Å². The molecule has 0 aliphatic heterocycles. The van der Waals surface area contributed by atoms with Crippen molar-refractivity contribution < 1.29 is 4.21 Å². The highest BCUT2D eigenvalue weighted by molar-refractivity contribution is 7.84. The molecule has 15 heavy (non-hydrogen) atoms. The molecular weight excluding hydrogens is 206 g/mol. The summed E-state index contributed by atoms with van der Waals surface area (Å²) in [6.45, 7) is 1.94. The van der Waals surface area contributed by atoms with Crippen molar-refractivity contribution in [1.82, 2.24) is 4.98 Å². The van der Waals surface area contributed by atoms with Crippen LogP contribution in [-0.2, 0) is 16.6 Å². The third-order valence-corrected chi connectivity index (χ3v) is 3.67. The van der Waals surface area contributed by atoms with Crippen LogP contribution in [0.5, 0.6) is 0 Å². The highest BCUT2D eigenvalue weighted by atomic mass is 32.2. The van der Waals surface area contributed by atoms with Gasteiger partial charge in [0.1, 0.15) is 0 Å². The first-order chi connectivity index (χ1) is 7.31. The molecule has 0 bridgehead atoms. The molecule has 0 fully saturated rings. The zero-order valence-corrected chi connectivity index (χ0v) is 9.46. The SMILES string of the molecule is CCS(=O)Cc1cncc2ccccc12. The molecule has 78 valence electrons. The molecule has 0 spiro atoms. The molecular formula is C12H13NOS. The average molecular weight is 219 g/mol. The van der Waals surface area contributed by atoms with E-state index < -0.39 is 10.8 Å². The minimum atomic E-state index is -0.774. The van der Waals surface area contributed by atoms with Gasteiger partial charge in [-0.1, -0.05) is 31.2 Å². The van der Waals surface area contributed by atoms with E-state index in [1.165, 1.54) is 0 Å². The molecule has 1 heterocycles. The molecule has 0 saturated heterocycles. The number of benzene rings is 1. The lowest BCUT2D eigenvalue weighted by Crippen LogP contribution is -1.98. The summed E-state index contributed by atoms with van der Waals surface area (Å²) in [6.07, 6.45) is 3.66. The van der Waals surface area contributed by atoms with Crippen LogP contribution in [0.25, 0.3) is 10.8 Å². The Morgan fingerprint density at radius 1 is 1.27 bits per heavy atom. The van der Waals surface area contributed by atoms with Gasteiger partial charge in [-0.3, -0.25) is 9.19 Å². The fourth-order valence-corrected chi connectivity index (χ4v) is 2.35. The Morgan fingerprint density at radius 2 is 2.07 bits per heavy atom. The van der Waals surface area contributed by atoms with E-state index in [0.29, 0.717) is 11.5 Å². The largest absolute Gasteiger partial charge is 0.264 e. The monoisotopic (exact) mass is 219 g/mol. The Balaban J connectivity index is 2.46. The van der Waals surface area contributed by atoms with Gasteiger partial charge in [-0.25, -0.2) is 0 Å². The lowest BCUT2D eigenvalue weighted by atomic mass is 10.1. The van der Waals surface area contributed by atoms with Crippen LogP contribution in [0, 0.1) is 0 Å². The smallest absolute Gasteiger partial charge is 0.0506 e. The molecule has 3 heteroatoms. The first-order valence-electron chi connectivity index (χ1n) is 4.98. The molecule has 0 N–H and O–H groups in total. The molecule has 2 rings (SSSR count). The van der Waals surface area contributed by atoms with Crippen LogP contribution in [0.15, 0.2) is 36.7 Å². The highest BCUT2D eigenvalue weighted by Crippen LogP contribution is 2.18. The van der Waals surface area contributed by atoms with Gasteiger partial charge in [0.05, 0.1) is 5.75 Å². The third-order valence-electron chi connectivity index (χ3n) is 2.39. The summed E-state index contributed by atoms with van der Waals surface area (Å²) >= 11 is 0. The second-order valence-electron chi connectivity index (χ2n) is 3.39. The number of pyridine rings is 1. The van der Waals surface area contributed by atoms with E-state index >= 15 is 0 Å². The van der Waals surface area contributed by atoms with Crippen molar-refractivity contribution in [2.45, 2.75) is 12.7 Å². The first kappa shape index (κ1) is 10.3. The number of rotatable bonds is 3. The van der Waals surface area contributed by atoms with Crippen LogP contribution >= 0.6 is 0 Å². The zero-order chi connectivity index (χ0) is 10.7. The standard InChI is InChI=1S/C12H13NOS/c1-2-15(14)9-11-8-13-7-10-5-3-4-6-12(10)11/h3-8H,2,9H2,1H3. The highest BCUT2D eigenvalue weighted by Gasteiger charge is 2.04. The average Bonchev–Trinajstić information content (AvgIpc) is 2.29. The van der Waals surface area contributed by atoms with Gasteiger partial charge in [0.2, 0.25) is 0 Å². The van der Waals surface area contributed by atoms with Crippen molar-refractivity contribution in [3.05, 3.63) is 42.2 Å². The predicted octanol–water partition coefficient (Wildman–Crippen LogP) is 2.50. The summed E-state index contributed by atoms with van der Waals surface area (Å²) < 4.78 is 11.5. The molecule has 2 aromatic rings. The Labute approximate surface area is 91.8 Å². The summed E-state index contributed by atoms with van der Waals surface area (Å²) in [5.74, 6) is 1.30. The maximum Gasteiger partial charge on any atom is 0.0506 e. The zero-order valence-electron chi connectivity index (χ0n) is 8.64. The van der Waals surface area contributed by atoms with Gasteiger partial charge in [-0.05, 0) is 10.9 Å². The van der Waals surface area contributed by atoms with Crippen molar-refractivity contribution >= 4 is 21.6 Å². The van der Waals surface area contributed by atoms with Crippen LogP contribution in [0.2, 0.25) is 0 Å². The predicted molar refractivity (Wildman–Crippen MR) is 64.1 cm³/mol. The fraction of sp³-hybridized carbons (Fsp3) is 0.250. The van der Waals surface area contributed by atoms with Gasteiger partial charge in [-0.15, -0.1) is 0 Å². The molecule has 0 saturated carbocycles. The summed E-state index contributed by atoms with van der Waals surface area (Å²) in [4.78, 5) is 4.17. The van der Waals surface area contributed by atoms with Crippen LogP contribution in [0.3, 0.4) is 0 Å². The van der Waals surface area contributed by atoms with E-state index in [1.54, 1.807) is 0 Å². The quantitative estimate of drug-likeness (QED) is 0.794. The summed E-state index contributed by atoms with van der Waals surface area (Å²) in [5.41, 5.74) is 1.08. The normalized spacial score (nSPS) is 12.9. The van der Waals surface area contributed by atoms with Crippen LogP contribution < -0.4 is 0 Å². The van der Waals surface area contributed by atoms with Crippen molar-refractivity contribution in [1.29, 1.82) is 0 Å². The van der Waals surface area contributed by atoms with Gasteiger partial charge < -0.3 is 0 Å². The van der Waals surface area contributed by atoms with E-state index in [0.717, 1.165) is 16.3 Å². The van der Waals surface area contributed by atoms with E-state index in [1.807, 2.05) is 37.5 Å². The second kappa shape index (κ2) is 4.53. The van der Waals surface area contributed by atoms with E-state index in [9.17, 15) is 4.21 Å². The Kier molecular flexibility index (Phi) is 3.11. The molecule has 0 aliphatic rings. The van der Waals surface area contributed by atoms with Gasteiger partial charge in [0.15, 0.2) is 0 Å².